The van der Waals surface area contributed by atoms with E-state index in [0.717, 1.165) is 16.7 Å². The largest absolute Gasteiger partial charge is 0.494 e. The zero-order valence-electron chi connectivity index (χ0n) is 17.2. The Labute approximate surface area is 174 Å². The Bertz CT molecular complexity index is 948. The van der Waals surface area contributed by atoms with Crippen LogP contribution >= 0.6 is 0 Å². The smallest absolute Gasteiger partial charge is 0.220 e. The molecule has 1 unspecified atom stereocenters. The Kier molecular flexibility index (Phi) is 6.70. The lowest BCUT2D eigenvalue weighted by Gasteiger charge is -2.29. The molecule has 1 saturated heterocycles. The molecule has 0 aromatic heterocycles. The van der Waals surface area contributed by atoms with E-state index < -0.39 is 11.4 Å². The lowest BCUT2D eigenvalue weighted by atomic mass is 9.85. The Hall–Kier alpha value is -2.96. The van der Waals surface area contributed by atoms with Crippen LogP contribution in [0.25, 0.3) is 0 Å². The van der Waals surface area contributed by atoms with Gasteiger partial charge in [-0.1, -0.05) is 12.1 Å². The third-order valence-electron chi connectivity index (χ3n) is 5.61. The Morgan fingerprint density at radius 1 is 1.23 bits per heavy atom. The highest BCUT2D eigenvalue weighted by atomic mass is 19.1. The van der Waals surface area contributed by atoms with Gasteiger partial charge in [-0.2, -0.15) is 0 Å². The van der Waals surface area contributed by atoms with Gasteiger partial charge < -0.3 is 15.4 Å². The van der Waals surface area contributed by atoms with E-state index in [4.69, 9.17) is 4.74 Å². The molecule has 7 heteroatoms. The molecule has 2 N–H and O–H groups in total. The van der Waals surface area contributed by atoms with Gasteiger partial charge in [0.05, 0.1) is 7.11 Å². The molecule has 2 aromatic rings. The number of ether oxygens (including phenoxy) is 1. The minimum Gasteiger partial charge on any atom is -0.494 e. The molecular weight excluding hydrogens is 390 g/mol. The molecule has 3 rings (SSSR count). The van der Waals surface area contributed by atoms with Crippen molar-refractivity contribution in [2.45, 2.75) is 51.1 Å². The van der Waals surface area contributed by atoms with Crippen molar-refractivity contribution in [3.63, 3.8) is 0 Å². The van der Waals surface area contributed by atoms with Crippen LogP contribution in [0.4, 0.5) is 8.78 Å². The summed E-state index contributed by atoms with van der Waals surface area (Å²) in [5.41, 5.74) is 1.89. The van der Waals surface area contributed by atoms with Crippen LogP contribution in [0, 0.1) is 18.6 Å². The Balaban J connectivity index is 1.63. The van der Waals surface area contributed by atoms with Crippen LogP contribution in [-0.4, -0.2) is 24.5 Å². The van der Waals surface area contributed by atoms with Gasteiger partial charge in [-0.05, 0) is 67.1 Å². The van der Waals surface area contributed by atoms with Gasteiger partial charge in [-0.3, -0.25) is 9.59 Å². The van der Waals surface area contributed by atoms with Gasteiger partial charge in [-0.25, -0.2) is 8.78 Å². The van der Waals surface area contributed by atoms with Crippen molar-refractivity contribution in [3.05, 3.63) is 64.7 Å². The van der Waals surface area contributed by atoms with Crippen LogP contribution in [0.2, 0.25) is 0 Å². The number of carbonyl (C=O) groups excluding carboxylic acids is 2. The summed E-state index contributed by atoms with van der Waals surface area (Å²) in [5, 5.41) is 5.83. The number of benzene rings is 2. The van der Waals surface area contributed by atoms with E-state index in [-0.39, 0.29) is 36.3 Å². The Morgan fingerprint density at radius 3 is 2.73 bits per heavy atom. The topological polar surface area (TPSA) is 67.4 Å². The molecule has 160 valence electrons. The van der Waals surface area contributed by atoms with Crippen LogP contribution < -0.4 is 15.4 Å². The van der Waals surface area contributed by atoms with Crippen LogP contribution in [0.3, 0.4) is 0 Å². The van der Waals surface area contributed by atoms with Crippen molar-refractivity contribution in [3.8, 4) is 5.75 Å². The van der Waals surface area contributed by atoms with Gasteiger partial charge in [-0.15, -0.1) is 0 Å². The maximum Gasteiger partial charge on any atom is 0.220 e. The maximum absolute atomic E-state index is 13.7. The van der Waals surface area contributed by atoms with E-state index in [0.29, 0.717) is 25.7 Å². The fraction of sp³-hybridized carbons (Fsp3) is 0.391. The zero-order chi connectivity index (χ0) is 21.7. The molecule has 0 saturated carbocycles. The normalized spacial score (nSPS) is 18.2. The molecular formula is C23H26F2N2O3. The Morgan fingerprint density at radius 2 is 2.03 bits per heavy atom. The number of amides is 2. The predicted octanol–water partition coefficient (Wildman–Crippen LogP) is 3.57. The van der Waals surface area contributed by atoms with Crippen molar-refractivity contribution in [2.24, 2.45) is 0 Å². The van der Waals surface area contributed by atoms with E-state index >= 15 is 0 Å². The fourth-order valence-corrected chi connectivity index (χ4v) is 3.85. The molecule has 1 heterocycles. The molecule has 0 bridgehead atoms. The second-order valence-electron chi connectivity index (χ2n) is 7.82. The molecule has 2 amide bonds. The highest BCUT2D eigenvalue weighted by Gasteiger charge is 2.38. The first kappa shape index (κ1) is 21.7. The van der Waals surface area contributed by atoms with Crippen molar-refractivity contribution in [1.29, 1.82) is 0 Å². The number of methoxy groups -OCH3 is 1. The third kappa shape index (κ3) is 5.34. The molecule has 0 radical (unpaired) electrons. The van der Waals surface area contributed by atoms with E-state index in [1.165, 1.54) is 25.3 Å². The second kappa shape index (κ2) is 9.24. The summed E-state index contributed by atoms with van der Waals surface area (Å²) in [5.74, 6) is -0.865. The van der Waals surface area contributed by atoms with Gasteiger partial charge in [0.15, 0.2) is 11.6 Å². The third-order valence-corrected chi connectivity index (χ3v) is 5.61. The lowest BCUT2D eigenvalue weighted by molar-refractivity contribution is -0.122. The van der Waals surface area contributed by atoms with E-state index in [1.54, 1.807) is 18.2 Å². The average Bonchev–Trinajstić information content (AvgIpc) is 3.09. The fourth-order valence-electron chi connectivity index (χ4n) is 3.85. The standard InChI is InChI=1S/C23H26F2N2O3/c1-15-3-5-18(24)12-17(15)14-26-21(28)7-9-23(10-8-22(29)27-23)13-16-4-6-19(25)20(11-16)30-2/h3-6,11-12H,7-10,13-14H2,1-2H3,(H,26,28)(H,27,29). The summed E-state index contributed by atoms with van der Waals surface area (Å²) < 4.78 is 32.2. The molecule has 1 atom stereocenters. The first-order chi connectivity index (χ1) is 14.3. The molecule has 1 aliphatic rings. The summed E-state index contributed by atoms with van der Waals surface area (Å²) in [4.78, 5) is 24.3. The van der Waals surface area contributed by atoms with Gasteiger partial charge in [0.25, 0.3) is 0 Å². The number of nitrogens with one attached hydrogen (secondary N) is 2. The van der Waals surface area contributed by atoms with E-state index in [2.05, 4.69) is 10.6 Å². The van der Waals surface area contributed by atoms with Crippen LogP contribution in [0.15, 0.2) is 36.4 Å². The quantitative estimate of drug-likeness (QED) is 0.691. The van der Waals surface area contributed by atoms with Crippen molar-refractivity contribution in [1.82, 2.24) is 10.6 Å². The average molecular weight is 416 g/mol. The molecule has 1 aliphatic heterocycles. The lowest BCUT2D eigenvalue weighted by Crippen LogP contribution is -2.44. The van der Waals surface area contributed by atoms with E-state index in [1.807, 2.05) is 6.92 Å². The molecule has 0 aliphatic carbocycles. The van der Waals surface area contributed by atoms with Crippen molar-refractivity contribution in [2.75, 3.05) is 7.11 Å². The number of halogens is 2. The van der Waals surface area contributed by atoms with Crippen LogP contribution in [0.1, 0.15) is 42.4 Å². The summed E-state index contributed by atoms with van der Waals surface area (Å²) >= 11 is 0. The number of hydrogen-bond acceptors (Lipinski definition) is 3. The minimum absolute atomic E-state index is 0.0557. The first-order valence-corrected chi connectivity index (χ1v) is 9.95. The highest BCUT2D eigenvalue weighted by Crippen LogP contribution is 2.31. The zero-order valence-corrected chi connectivity index (χ0v) is 17.2. The number of carbonyl (C=O) groups is 2. The van der Waals surface area contributed by atoms with Gasteiger partial charge in [0, 0.05) is 24.9 Å². The summed E-state index contributed by atoms with van der Waals surface area (Å²) in [6.45, 7) is 2.11. The summed E-state index contributed by atoms with van der Waals surface area (Å²) in [6.07, 6.45) is 2.13. The van der Waals surface area contributed by atoms with Crippen molar-refractivity contribution < 1.29 is 23.1 Å². The first-order valence-electron chi connectivity index (χ1n) is 9.95. The van der Waals surface area contributed by atoms with Gasteiger partial charge in [0.2, 0.25) is 11.8 Å². The van der Waals surface area contributed by atoms with Crippen molar-refractivity contribution >= 4 is 11.8 Å². The molecule has 30 heavy (non-hydrogen) atoms. The molecule has 2 aromatic carbocycles. The van der Waals surface area contributed by atoms with Gasteiger partial charge >= 0.3 is 0 Å². The summed E-state index contributed by atoms with van der Waals surface area (Å²) in [7, 11) is 1.40. The maximum atomic E-state index is 13.7. The number of aryl methyl sites for hydroxylation is 1. The minimum atomic E-state index is -0.563. The molecule has 5 nitrogen and oxygen atoms in total. The number of hydrogen-bond donors (Lipinski definition) is 2. The molecule has 1 fully saturated rings. The van der Waals surface area contributed by atoms with Crippen LogP contribution in [-0.2, 0) is 22.6 Å². The van der Waals surface area contributed by atoms with Gasteiger partial charge in [0.1, 0.15) is 5.82 Å². The number of rotatable bonds is 8. The second-order valence-corrected chi connectivity index (χ2v) is 7.82. The monoisotopic (exact) mass is 416 g/mol. The SMILES string of the molecule is COc1cc(CC2(CCC(=O)NCc3cc(F)ccc3C)CCC(=O)N2)ccc1F. The predicted molar refractivity (Wildman–Crippen MR) is 109 cm³/mol. The summed E-state index contributed by atoms with van der Waals surface area (Å²) in [6, 6.07) is 9.10. The van der Waals surface area contributed by atoms with Crippen LogP contribution in [0.5, 0.6) is 5.75 Å². The van der Waals surface area contributed by atoms with E-state index in [9.17, 15) is 18.4 Å². The highest BCUT2D eigenvalue weighted by molar-refractivity contribution is 5.80. The molecule has 0 spiro atoms.